The van der Waals surface area contributed by atoms with Crippen molar-refractivity contribution in [1.29, 1.82) is 0 Å². The van der Waals surface area contributed by atoms with E-state index in [4.69, 9.17) is 10.0 Å². The van der Waals surface area contributed by atoms with Gasteiger partial charge in [-0.15, -0.1) is 0 Å². The van der Waals surface area contributed by atoms with Crippen molar-refractivity contribution in [3.05, 3.63) is 22.7 Å². The van der Waals surface area contributed by atoms with Gasteiger partial charge in [0.1, 0.15) is 0 Å². The lowest BCUT2D eigenvalue weighted by Crippen LogP contribution is -2.21. The summed E-state index contributed by atoms with van der Waals surface area (Å²) in [6.07, 6.45) is 1.23. The van der Waals surface area contributed by atoms with E-state index in [1.54, 1.807) is 0 Å². The van der Waals surface area contributed by atoms with Gasteiger partial charge in [-0.1, -0.05) is 0 Å². The Hall–Kier alpha value is -0.655. The molecule has 1 heterocycles. The zero-order chi connectivity index (χ0) is 9.14. The predicted octanol–water partition coefficient (Wildman–Crippen LogP) is 0.332. The van der Waals surface area contributed by atoms with Crippen LogP contribution in [-0.2, 0) is 0 Å². The molecule has 0 unspecified atom stereocenters. The molecular formula is C5H4BBrFNO3. The Morgan fingerprint density at radius 2 is 2.25 bits per heavy atom. The van der Waals surface area contributed by atoms with E-state index in [0.717, 1.165) is 0 Å². The van der Waals surface area contributed by atoms with Crippen LogP contribution < -0.4 is 4.65 Å². The van der Waals surface area contributed by atoms with E-state index in [-0.39, 0.29) is 5.75 Å². The Morgan fingerprint density at radius 1 is 1.58 bits per heavy atom. The van der Waals surface area contributed by atoms with Crippen LogP contribution in [-0.4, -0.2) is 22.4 Å². The lowest BCUT2D eigenvalue weighted by atomic mass is 10.2. The summed E-state index contributed by atoms with van der Waals surface area (Å²) in [5.41, 5.74) is 0. The minimum Gasteiger partial charge on any atom is -0.508 e. The van der Waals surface area contributed by atoms with Gasteiger partial charge in [0.2, 0.25) is 0 Å². The quantitative estimate of drug-likeness (QED) is 0.573. The first-order chi connectivity index (χ1) is 5.59. The fraction of sp³-hybridized carbons (Fsp3) is 0. The molecule has 0 amide bonds. The number of halogens is 2. The van der Waals surface area contributed by atoms with Gasteiger partial charge in [-0.25, -0.2) is 4.98 Å². The Kier molecular flexibility index (Phi) is 3.02. The van der Waals surface area contributed by atoms with E-state index >= 15 is 0 Å². The first-order valence-corrected chi connectivity index (χ1v) is 3.73. The maximum atomic E-state index is 12.7. The lowest BCUT2D eigenvalue weighted by molar-refractivity contribution is 0.279. The molecule has 2 N–H and O–H groups in total. The topological polar surface area (TPSA) is 62.6 Å². The highest BCUT2D eigenvalue weighted by Gasteiger charge is 2.15. The van der Waals surface area contributed by atoms with Crippen molar-refractivity contribution >= 4 is 23.3 Å². The Morgan fingerprint density at radius 3 is 2.83 bits per heavy atom. The van der Waals surface area contributed by atoms with Crippen LogP contribution >= 0.6 is 15.9 Å². The van der Waals surface area contributed by atoms with Gasteiger partial charge in [0.05, 0.1) is 0 Å². The van der Waals surface area contributed by atoms with Crippen molar-refractivity contribution in [1.82, 2.24) is 4.98 Å². The van der Waals surface area contributed by atoms with Crippen molar-refractivity contribution in [2.24, 2.45) is 0 Å². The molecule has 7 heteroatoms. The predicted molar refractivity (Wildman–Crippen MR) is 42.7 cm³/mol. The summed E-state index contributed by atoms with van der Waals surface area (Å²) < 4.78 is 17.4. The van der Waals surface area contributed by atoms with Gasteiger partial charge in [0.15, 0.2) is 5.75 Å². The van der Waals surface area contributed by atoms with Gasteiger partial charge in [-0.05, 0) is 22.0 Å². The van der Waals surface area contributed by atoms with Crippen LogP contribution in [0.25, 0.3) is 0 Å². The second-order valence-electron chi connectivity index (χ2n) is 1.89. The summed E-state index contributed by atoms with van der Waals surface area (Å²) in [5, 5.41) is 16.7. The fourth-order valence-electron chi connectivity index (χ4n) is 0.600. The molecule has 0 aliphatic heterocycles. The number of rotatable bonds is 2. The Balaban J connectivity index is 2.90. The highest BCUT2D eigenvalue weighted by atomic mass is 79.9. The average Bonchev–Trinajstić information content (AvgIpc) is 1.96. The Labute approximate surface area is 76.3 Å². The lowest BCUT2D eigenvalue weighted by Gasteiger charge is -2.04. The molecule has 0 bridgehead atoms. The van der Waals surface area contributed by atoms with Gasteiger partial charge in [0.25, 0.3) is 5.95 Å². The van der Waals surface area contributed by atoms with E-state index < -0.39 is 13.3 Å². The average molecular weight is 236 g/mol. The van der Waals surface area contributed by atoms with Crippen LogP contribution in [0.1, 0.15) is 0 Å². The van der Waals surface area contributed by atoms with E-state index in [0.29, 0.717) is 4.47 Å². The number of pyridine rings is 1. The third-order valence-corrected chi connectivity index (χ3v) is 1.44. The molecule has 0 radical (unpaired) electrons. The molecular weight excluding hydrogens is 232 g/mol. The fourth-order valence-corrected chi connectivity index (χ4v) is 0.911. The highest BCUT2D eigenvalue weighted by molar-refractivity contribution is 9.10. The molecule has 0 saturated heterocycles. The molecule has 1 aromatic rings. The number of hydrogen-bond acceptors (Lipinski definition) is 4. The van der Waals surface area contributed by atoms with Crippen LogP contribution in [0, 0.1) is 5.95 Å². The number of hydrogen-bond donors (Lipinski definition) is 2. The maximum Gasteiger partial charge on any atom is 0.707 e. The molecule has 0 fully saturated rings. The largest absolute Gasteiger partial charge is 0.707 e. The molecule has 64 valence electrons. The van der Waals surface area contributed by atoms with E-state index in [2.05, 4.69) is 25.6 Å². The van der Waals surface area contributed by atoms with Crippen molar-refractivity contribution in [2.45, 2.75) is 0 Å². The van der Waals surface area contributed by atoms with Gasteiger partial charge in [0, 0.05) is 10.7 Å². The Bertz CT molecular complexity index is 285. The van der Waals surface area contributed by atoms with Crippen LogP contribution in [0.2, 0.25) is 0 Å². The van der Waals surface area contributed by atoms with Gasteiger partial charge >= 0.3 is 7.32 Å². The molecule has 0 spiro atoms. The minimum atomic E-state index is -2.05. The van der Waals surface area contributed by atoms with Gasteiger partial charge in [-0.3, -0.25) is 0 Å². The minimum absolute atomic E-state index is 0.320. The molecule has 12 heavy (non-hydrogen) atoms. The van der Waals surface area contributed by atoms with Crippen molar-refractivity contribution in [3.63, 3.8) is 0 Å². The molecule has 0 aliphatic carbocycles. The summed E-state index contributed by atoms with van der Waals surface area (Å²) in [5.74, 6) is -1.22. The zero-order valence-corrected chi connectivity index (χ0v) is 7.32. The highest BCUT2D eigenvalue weighted by Crippen LogP contribution is 2.19. The van der Waals surface area contributed by atoms with Gasteiger partial charge in [-0.2, -0.15) is 4.39 Å². The molecule has 0 saturated carbocycles. The summed E-state index contributed by atoms with van der Waals surface area (Å²) in [6.45, 7) is 0. The smallest absolute Gasteiger partial charge is 0.508 e. The monoisotopic (exact) mass is 235 g/mol. The SMILES string of the molecule is OB(O)Oc1cc(Br)cnc1F. The molecule has 1 aromatic heterocycles. The van der Waals surface area contributed by atoms with Crippen molar-refractivity contribution in [2.75, 3.05) is 0 Å². The number of aromatic nitrogens is 1. The summed E-state index contributed by atoms with van der Waals surface area (Å²) >= 11 is 3.01. The molecule has 0 aliphatic rings. The zero-order valence-electron chi connectivity index (χ0n) is 5.74. The third-order valence-electron chi connectivity index (χ3n) is 1.01. The molecule has 0 aromatic carbocycles. The van der Waals surface area contributed by atoms with E-state index in [1.165, 1.54) is 12.3 Å². The summed E-state index contributed by atoms with van der Waals surface area (Å²) in [4.78, 5) is 3.27. The first-order valence-electron chi connectivity index (χ1n) is 2.93. The maximum absolute atomic E-state index is 12.7. The standard InChI is InChI=1S/C5H4BBrFNO3/c7-3-1-4(12-6(10)11)5(8)9-2-3/h1-2,10-11H. The molecule has 1 rings (SSSR count). The summed E-state index contributed by atoms with van der Waals surface area (Å²) in [7, 11) is -2.05. The van der Waals surface area contributed by atoms with Crippen LogP contribution in [0.3, 0.4) is 0 Å². The second kappa shape index (κ2) is 3.84. The van der Waals surface area contributed by atoms with Crippen LogP contribution in [0.4, 0.5) is 4.39 Å². The number of nitrogens with zero attached hydrogens (tertiary/aromatic N) is 1. The van der Waals surface area contributed by atoms with Gasteiger partial charge < -0.3 is 14.7 Å². The second-order valence-corrected chi connectivity index (χ2v) is 2.80. The van der Waals surface area contributed by atoms with Crippen molar-refractivity contribution in [3.8, 4) is 5.75 Å². The van der Waals surface area contributed by atoms with Crippen LogP contribution in [0.15, 0.2) is 16.7 Å². The first kappa shape index (κ1) is 9.43. The molecule has 0 atom stereocenters. The van der Waals surface area contributed by atoms with E-state index in [1.807, 2.05) is 0 Å². The molecule has 4 nitrogen and oxygen atoms in total. The third kappa shape index (κ3) is 2.44. The van der Waals surface area contributed by atoms with E-state index in [9.17, 15) is 4.39 Å². The normalized spacial score (nSPS) is 9.67. The van der Waals surface area contributed by atoms with Crippen LogP contribution in [0.5, 0.6) is 5.75 Å². The summed E-state index contributed by atoms with van der Waals surface area (Å²) in [6, 6.07) is 1.24. The van der Waals surface area contributed by atoms with Crippen molar-refractivity contribution < 1.29 is 19.1 Å².